The molecule has 1 aliphatic heterocycles. The van der Waals surface area contributed by atoms with E-state index in [2.05, 4.69) is 5.43 Å². The van der Waals surface area contributed by atoms with Gasteiger partial charge in [0.2, 0.25) is 0 Å². The molecule has 0 radical (unpaired) electrons. The van der Waals surface area contributed by atoms with Gasteiger partial charge in [0.05, 0.1) is 11.6 Å². The molecule has 1 spiro atoms. The van der Waals surface area contributed by atoms with Gasteiger partial charge in [-0.15, -0.1) is 0 Å². The fraction of sp³-hybridized carbons (Fsp3) is 0.600. The molecule has 3 N–H and O–H groups in total. The lowest BCUT2D eigenvalue weighted by molar-refractivity contribution is -0.147. The third kappa shape index (κ3) is 2.70. The lowest BCUT2D eigenvalue weighted by atomic mass is 9.70. The van der Waals surface area contributed by atoms with Crippen molar-refractivity contribution in [3.8, 4) is 0 Å². The zero-order valence-corrected chi connectivity index (χ0v) is 12.9. The summed E-state index contributed by atoms with van der Waals surface area (Å²) >= 11 is 12.3. The molecular formula is C15H20Cl2N2O. The molecule has 1 saturated carbocycles. The van der Waals surface area contributed by atoms with Crippen LogP contribution >= 0.6 is 23.2 Å². The molecule has 1 heterocycles. The highest BCUT2D eigenvalue weighted by atomic mass is 35.5. The molecule has 1 aromatic carbocycles. The maximum absolute atomic E-state index is 6.33. The molecule has 0 bridgehead atoms. The van der Waals surface area contributed by atoms with Crippen LogP contribution in [0.1, 0.15) is 43.7 Å². The van der Waals surface area contributed by atoms with Gasteiger partial charge in [-0.3, -0.25) is 11.3 Å². The summed E-state index contributed by atoms with van der Waals surface area (Å²) in [5, 5.41) is 1.33. The largest absolute Gasteiger partial charge is 0.375 e. The van der Waals surface area contributed by atoms with E-state index in [9.17, 15) is 0 Å². The molecule has 1 aromatic rings. The van der Waals surface area contributed by atoms with E-state index < -0.39 is 0 Å². The molecule has 2 unspecified atom stereocenters. The van der Waals surface area contributed by atoms with Crippen molar-refractivity contribution in [3.05, 3.63) is 33.8 Å². The SMILES string of the molecule is NNC(c1ccc(Cl)cc1Cl)C1CCOC2(CCC2)C1. The highest BCUT2D eigenvalue weighted by molar-refractivity contribution is 6.35. The highest BCUT2D eigenvalue weighted by Gasteiger charge is 2.44. The Morgan fingerprint density at radius 1 is 1.35 bits per heavy atom. The van der Waals surface area contributed by atoms with Gasteiger partial charge in [0.15, 0.2) is 0 Å². The van der Waals surface area contributed by atoms with Crippen LogP contribution < -0.4 is 11.3 Å². The van der Waals surface area contributed by atoms with Crippen LogP contribution in [0.15, 0.2) is 18.2 Å². The molecular weight excluding hydrogens is 295 g/mol. The third-order valence-corrected chi connectivity index (χ3v) is 5.31. The average Bonchev–Trinajstić information content (AvgIpc) is 2.40. The van der Waals surface area contributed by atoms with Crippen LogP contribution in [0.3, 0.4) is 0 Å². The summed E-state index contributed by atoms with van der Waals surface area (Å²) in [5.74, 6) is 6.26. The van der Waals surface area contributed by atoms with E-state index in [-0.39, 0.29) is 11.6 Å². The van der Waals surface area contributed by atoms with Gasteiger partial charge in [-0.1, -0.05) is 29.3 Å². The average molecular weight is 315 g/mol. The summed E-state index contributed by atoms with van der Waals surface area (Å²) in [5.41, 5.74) is 4.09. The molecule has 3 nitrogen and oxygen atoms in total. The van der Waals surface area contributed by atoms with E-state index in [0.717, 1.165) is 25.0 Å². The summed E-state index contributed by atoms with van der Waals surface area (Å²) in [7, 11) is 0. The predicted octanol–water partition coefficient (Wildman–Crippen LogP) is 3.85. The van der Waals surface area contributed by atoms with Crippen molar-refractivity contribution in [3.63, 3.8) is 0 Å². The predicted molar refractivity (Wildman–Crippen MR) is 81.8 cm³/mol. The number of halogens is 2. The first-order valence-corrected chi connectivity index (χ1v) is 7.94. The first kappa shape index (κ1) is 14.6. The molecule has 2 aliphatic rings. The summed E-state index contributed by atoms with van der Waals surface area (Å²) in [6.45, 7) is 0.814. The van der Waals surface area contributed by atoms with Crippen LogP contribution in [-0.2, 0) is 4.74 Å². The van der Waals surface area contributed by atoms with Crippen LogP contribution in [0.4, 0.5) is 0 Å². The molecule has 1 saturated heterocycles. The van der Waals surface area contributed by atoms with Crippen LogP contribution in [0, 0.1) is 5.92 Å². The Balaban J connectivity index is 1.81. The second-order valence-corrected chi connectivity index (χ2v) is 6.79. The number of ether oxygens (including phenoxy) is 1. The van der Waals surface area contributed by atoms with Crippen LogP contribution in [0.5, 0.6) is 0 Å². The van der Waals surface area contributed by atoms with Crippen molar-refractivity contribution in [2.45, 2.75) is 43.7 Å². The topological polar surface area (TPSA) is 47.3 Å². The van der Waals surface area contributed by atoms with Gasteiger partial charge in [-0.2, -0.15) is 0 Å². The summed E-state index contributed by atoms with van der Waals surface area (Å²) in [4.78, 5) is 0. The lowest BCUT2D eigenvalue weighted by Gasteiger charge is -2.48. The number of nitrogens with two attached hydrogens (primary N) is 1. The number of hydrogen-bond acceptors (Lipinski definition) is 3. The molecule has 1 aliphatic carbocycles. The maximum atomic E-state index is 6.33. The molecule has 5 heteroatoms. The Labute approximate surface area is 129 Å². The molecule has 110 valence electrons. The Hall–Kier alpha value is -0.320. The smallest absolute Gasteiger partial charge is 0.0686 e. The van der Waals surface area contributed by atoms with Crippen LogP contribution in [0.25, 0.3) is 0 Å². The quantitative estimate of drug-likeness (QED) is 0.658. The van der Waals surface area contributed by atoms with Gasteiger partial charge in [0.25, 0.3) is 0 Å². The highest BCUT2D eigenvalue weighted by Crippen LogP contribution is 2.47. The Morgan fingerprint density at radius 3 is 2.75 bits per heavy atom. The zero-order chi connectivity index (χ0) is 14.2. The van der Waals surface area contributed by atoms with E-state index in [4.69, 9.17) is 33.8 Å². The van der Waals surface area contributed by atoms with Crippen molar-refractivity contribution in [2.75, 3.05) is 6.61 Å². The third-order valence-electron chi connectivity index (χ3n) is 4.74. The van der Waals surface area contributed by atoms with Gasteiger partial charge >= 0.3 is 0 Å². The molecule has 20 heavy (non-hydrogen) atoms. The molecule has 0 amide bonds. The Bertz CT molecular complexity index is 491. The lowest BCUT2D eigenvalue weighted by Crippen LogP contribution is -2.48. The molecule has 2 fully saturated rings. The van der Waals surface area contributed by atoms with Crippen LogP contribution in [-0.4, -0.2) is 12.2 Å². The van der Waals surface area contributed by atoms with E-state index in [0.29, 0.717) is 16.0 Å². The normalized spacial score (nSPS) is 26.2. The van der Waals surface area contributed by atoms with E-state index in [1.807, 2.05) is 12.1 Å². The minimum absolute atomic E-state index is 0.0566. The van der Waals surface area contributed by atoms with Crippen LogP contribution in [0.2, 0.25) is 10.0 Å². The van der Waals surface area contributed by atoms with Gasteiger partial charge in [0, 0.05) is 16.7 Å². The maximum Gasteiger partial charge on any atom is 0.0686 e. The monoisotopic (exact) mass is 314 g/mol. The second kappa shape index (κ2) is 5.82. The number of hydrogen-bond donors (Lipinski definition) is 2. The van der Waals surface area contributed by atoms with Gasteiger partial charge in [-0.05, 0) is 55.7 Å². The van der Waals surface area contributed by atoms with Crippen molar-refractivity contribution in [1.29, 1.82) is 0 Å². The van der Waals surface area contributed by atoms with Gasteiger partial charge in [0.1, 0.15) is 0 Å². The van der Waals surface area contributed by atoms with Crippen molar-refractivity contribution in [2.24, 2.45) is 11.8 Å². The van der Waals surface area contributed by atoms with Crippen molar-refractivity contribution < 1.29 is 4.74 Å². The fourth-order valence-electron chi connectivity index (χ4n) is 3.50. The number of nitrogens with one attached hydrogen (secondary N) is 1. The van der Waals surface area contributed by atoms with Crippen molar-refractivity contribution >= 4 is 23.2 Å². The zero-order valence-electron chi connectivity index (χ0n) is 11.4. The number of rotatable bonds is 3. The number of benzene rings is 1. The summed E-state index contributed by atoms with van der Waals surface area (Å²) in [6, 6.07) is 5.67. The van der Waals surface area contributed by atoms with E-state index in [1.165, 1.54) is 19.3 Å². The van der Waals surface area contributed by atoms with Gasteiger partial charge in [-0.25, -0.2) is 0 Å². The molecule has 3 rings (SSSR count). The fourth-order valence-corrected chi connectivity index (χ4v) is 4.03. The Kier molecular flexibility index (Phi) is 4.25. The summed E-state index contributed by atoms with van der Waals surface area (Å²) < 4.78 is 5.99. The molecule has 0 aromatic heterocycles. The van der Waals surface area contributed by atoms with E-state index in [1.54, 1.807) is 6.07 Å². The van der Waals surface area contributed by atoms with Crippen molar-refractivity contribution in [1.82, 2.24) is 5.43 Å². The van der Waals surface area contributed by atoms with E-state index >= 15 is 0 Å². The second-order valence-electron chi connectivity index (χ2n) is 5.95. The first-order valence-electron chi connectivity index (χ1n) is 7.19. The minimum Gasteiger partial charge on any atom is -0.375 e. The first-order chi connectivity index (χ1) is 9.63. The molecule has 2 atom stereocenters. The van der Waals surface area contributed by atoms with Gasteiger partial charge < -0.3 is 4.74 Å². The number of hydrazine groups is 1. The Morgan fingerprint density at radius 2 is 2.15 bits per heavy atom. The minimum atomic E-state index is 0.0566. The standard InChI is InChI=1S/C15H20Cl2N2O/c16-11-2-3-12(13(17)8-11)14(19-18)10-4-7-20-15(9-10)5-1-6-15/h2-3,8,10,14,19H,1,4-7,9,18H2. The summed E-state index contributed by atoms with van der Waals surface area (Å²) in [6.07, 6.45) is 5.69.